The summed E-state index contributed by atoms with van der Waals surface area (Å²) in [5.41, 5.74) is 6.95. The Kier molecular flexibility index (Phi) is 8.00. The van der Waals surface area contributed by atoms with Gasteiger partial charge in [-0.05, 0) is 36.0 Å². The van der Waals surface area contributed by atoms with Crippen LogP contribution >= 0.6 is 12.4 Å². The predicted octanol–water partition coefficient (Wildman–Crippen LogP) is 2.41. The smallest absolute Gasteiger partial charge is 0.249 e. The SMILES string of the molecule is CC(C)(C)c1ccc(OCCNC(=O)[C@@H]2CC[C@H](CN)O2)cc1.Cl. The van der Waals surface area contributed by atoms with Gasteiger partial charge in [-0.1, -0.05) is 32.9 Å². The minimum atomic E-state index is -0.366. The second-order valence-electron chi connectivity index (χ2n) is 6.97. The van der Waals surface area contributed by atoms with E-state index in [9.17, 15) is 4.79 Å². The number of rotatable bonds is 6. The average Bonchev–Trinajstić information content (AvgIpc) is 3.00. The van der Waals surface area contributed by atoms with Crippen LogP contribution in [0.3, 0.4) is 0 Å². The van der Waals surface area contributed by atoms with Gasteiger partial charge in [0.2, 0.25) is 5.91 Å². The van der Waals surface area contributed by atoms with Crippen molar-refractivity contribution < 1.29 is 14.3 Å². The van der Waals surface area contributed by atoms with Crippen LogP contribution in [0.25, 0.3) is 0 Å². The van der Waals surface area contributed by atoms with Gasteiger partial charge < -0.3 is 20.5 Å². The third kappa shape index (κ3) is 5.96. The maximum atomic E-state index is 11.9. The zero-order valence-electron chi connectivity index (χ0n) is 14.7. The lowest BCUT2D eigenvalue weighted by atomic mass is 9.87. The topological polar surface area (TPSA) is 73.6 Å². The number of benzene rings is 1. The predicted molar refractivity (Wildman–Crippen MR) is 97.8 cm³/mol. The Labute approximate surface area is 150 Å². The van der Waals surface area contributed by atoms with E-state index in [1.54, 1.807) is 0 Å². The van der Waals surface area contributed by atoms with Crippen molar-refractivity contribution in [3.05, 3.63) is 29.8 Å². The van der Waals surface area contributed by atoms with E-state index >= 15 is 0 Å². The molecule has 2 rings (SSSR count). The van der Waals surface area contributed by atoms with E-state index in [4.69, 9.17) is 15.2 Å². The molecule has 1 saturated heterocycles. The van der Waals surface area contributed by atoms with Gasteiger partial charge in [0.15, 0.2) is 0 Å². The summed E-state index contributed by atoms with van der Waals surface area (Å²) in [6.07, 6.45) is 1.24. The number of ether oxygens (including phenoxy) is 2. The van der Waals surface area contributed by atoms with Gasteiger partial charge in [-0.2, -0.15) is 0 Å². The molecule has 1 heterocycles. The van der Waals surface area contributed by atoms with Crippen LogP contribution in [0.4, 0.5) is 0 Å². The van der Waals surface area contributed by atoms with Crippen molar-refractivity contribution in [2.24, 2.45) is 5.73 Å². The highest BCUT2D eigenvalue weighted by molar-refractivity contribution is 5.85. The Balaban J connectivity index is 0.00000288. The molecule has 24 heavy (non-hydrogen) atoms. The lowest BCUT2D eigenvalue weighted by Gasteiger charge is -2.19. The van der Waals surface area contributed by atoms with Gasteiger partial charge in [0.1, 0.15) is 18.5 Å². The molecule has 1 fully saturated rings. The van der Waals surface area contributed by atoms with Crippen LogP contribution in [0.5, 0.6) is 5.75 Å². The summed E-state index contributed by atoms with van der Waals surface area (Å²) in [7, 11) is 0. The molecule has 0 aliphatic carbocycles. The molecule has 0 bridgehead atoms. The van der Waals surface area contributed by atoms with Crippen molar-refractivity contribution in [3.63, 3.8) is 0 Å². The van der Waals surface area contributed by atoms with E-state index in [0.29, 0.717) is 19.7 Å². The number of hydrogen-bond acceptors (Lipinski definition) is 4. The fourth-order valence-electron chi connectivity index (χ4n) is 2.58. The number of carbonyl (C=O) groups excluding carboxylic acids is 1. The van der Waals surface area contributed by atoms with Crippen LogP contribution in [0.2, 0.25) is 0 Å². The summed E-state index contributed by atoms with van der Waals surface area (Å²) in [4.78, 5) is 11.9. The molecule has 1 amide bonds. The maximum absolute atomic E-state index is 11.9. The number of amides is 1. The second-order valence-corrected chi connectivity index (χ2v) is 6.97. The molecule has 1 aliphatic heterocycles. The minimum absolute atomic E-state index is 0. The summed E-state index contributed by atoms with van der Waals surface area (Å²) in [6, 6.07) is 8.09. The summed E-state index contributed by atoms with van der Waals surface area (Å²) < 4.78 is 11.2. The first-order valence-electron chi connectivity index (χ1n) is 8.26. The number of carbonyl (C=O) groups is 1. The minimum Gasteiger partial charge on any atom is -0.492 e. The average molecular weight is 357 g/mol. The zero-order valence-corrected chi connectivity index (χ0v) is 15.5. The van der Waals surface area contributed by atoms with Crippen LogP contribution in [0, 0.1) is 0 Å². The fraction of sp³-hybridized carbons (Fsp3) is 0.611. The lowest BCUT2D eigenvalue weighted by Crippen LogP contribution is -2.37. The van der Waals surface area contributed by atoms with Crippen molar-refractivity contribution in [1.29, 1.82) is 0 Å². The normalized spacial score (nSPS) is 20.3. The summed E-state index contributed by atoms with van der Waals surface area (Å²) in [6.45, 7) is 7.91. The third-order valence-corrected chi connectivity index (χ3v) is 4.05. The number of nitrogens with two attached hydrogens (primary N) is 1. The highest BCUT2D eigenvalue weighted by atomic mass is 35.5. The van der Waals surface area contributed by atoms with E-state index in [2.05, 4.69) is 38.2 Å². The second kappa shape index (κ2) is 9.25. The van der Waals surface area contributed by atoms with Crippen LogP contribution in [-0.4, -0.2) is 37.8 Å². The molecule has 3 N–H and O–H groups in total. The Bertz CT molecular complexity index is 514. The highest BCUT2D eigenvalue weighted by Gasteiger charge is 2.29. The van der Waals surface area contributed by atoms with E-state index in [0.717, 1.165) is 18.6 Å². The maximum Gasteiger partial charge on any atom is 0.249 e. The number of hydrogen-bond donors (Lipinski definition) is 2. The van der Waals surface area contributed by atoms with Gasteiger partial charge in [-0.25, -0.2) is 0 Å². The molecule has 2 atom stereocenters. The molecule has 5 nitrogen and oxygen atoms in total. The third-order valence-electron chi connectivity index (χ3n) is 4.05. The summed E-state index contributed by atoms with van der Waals surface area (Å²) in [5, 5.41) is 2.85. The molecule has 0 aromatic heterocycles. The molecule has 1 aromatic rings. The van der Waals surface area contributed by atoms with E-state index < -0.39 is 0 Å². The van der Waals surface area contributed by atoms with Gasteiger partial charge >= 0.3 is 0 Å². The fourth-order valence-corrected chi connectivity index (χ4v) is 2.58. The first-order chi connectivity index (χ1) is 10.9. The Morgan fingerprint density at radius 3 is 2.50 bits per heavy atom. The number of halogens is 1. The molecular formula is C18H29ClN2O3. The Hall–Kier alpha value is -1.30. The van der Waals surface area contributed by atoms with Gasteiger partial charge in [0.05, 0.1) is 12.6 Å². The van der Waals surface area contributed by atoms with E-state index in [1.807, 2.05) is 12.1 Å². The zero-order chi connectivity index (χ0) is 16.9. The molecule has 0 radical (unpaired) electrons. The van der Waals surface area contributed by atoms with Crippen LogP contribution in [-0.2, 0) is 14.9 Å². The van der Waals surface area contributed by atoms with Crippen molar-refractivity contribution in [1.82, 2.24) is 5.32 Å². The summed E-state index contributed by atoms with van der Waals surface area (Å²) >= 11 is 0. The number of nitrogens with one attached hydrogen (secondary N) is 1. The quantitative estimate of drug-likeness (QED) is 0.768. The first-order valence-corrected chi connectivity index (χ1v) is 8.26. The standard InChI is InChI=1S/C18H28N2O3.ClH/c1-18(2,3)13-4-6-14(7-5-13)22-11-10-20-17(21)16-9-8-15(12-19)23-16;/h4-7,15-16H,8-12,19H2,1-3H3,(H,20,21);1H/t15-,16+;/m1./s1. The molecule has 0 spiro atoms. The molecular weight excluding hydrogens is 328 g/mol. The van der Waals surface area contributed by atoms with Crippen molar-refractivity contribution in [2.75, 3.05) is 19.7 Å². The Morgan fingerprint density at radius 2 is 1.96 bits per heavy atom. The highest BCUT2D eigenvalue weighted by Crippen LogP contribution is 2.24. The van der Waals surface area contributed by atoms with Crippen molar-refractivity contribution >= 4 is 18.3 Å². The first kappa shape index (κ1) is 20.7. The molecule has 136 valence electrons. The molecule has 0 unspecified atom stereocenters. The van der Waals surface area contributed by atoms with Crippen LogP contribution in [0.15, 0.2) is 24.3 Å². The monoisotopic (exact) mass is 356 g/mol. The molecule has 6 heteroatoms. The van der Waals surface area contributed by atoms with Crippen LogP contribution < -0.4 is 15.8 Å². The van der Waals surface area contributed by atoms with Crippen LogP contribution in [0.1, 0.15) is 39.2 Å². The van der Waals surface area contributed by atoms with Gasteiger partial charge in [-0.3, -0.25) is 4.79 Å². The summed E-state index contributed by atoms with van der Waals surface area (Å²) in [5.74, 6) is 0.736. The largest absolute Gasteiger partial charge is 0.492 e. The Morgan fingerprint density at radius 1 is 1.29 bits per heavy atom. The van der Waals surface area contributed by atoms with E-state index in [-0.39, 0.29) is 35.9 Å². The van der Waals surface area contributed by atoms with Gasteiger partial charge in [0.25, 0.3) is 0 Å². The van der Waals surface area contributed by atoms with E-state index in [1.165, 1.54) is 5.56 Å². The molecule has 0 saturated carbocycles. The van der Waals surface area contributed by atoms with Gasteiger partial charge in [0, 0.05) is 6.54 Å². The molecule has 1 aliphatic rings. The lowest BCUT2D eigenvalue weighted by molar-refractivity contribution is -0.131. The van der Waals surface area contributed by atoms with Gasteiger partial charge in [-0.15, -0.1) is 12.4 Å². The van der Waals surface area contributed by atoms with Crippen molar-refractivity contribution in [2.45, 2.75) is 51.2 Å². The molecule has 1 aromatic carbocycles. The van der Waals surface area contributed by atoms with Crippen molar-refractivity contribution in [3.8, 4) is 5.75 Å².